The summed E-state index contributed by atoms with van der Waals surface area (Å²) in [6.07, 6.45) is -0.620. The van der Waals surface area contributed by atoms with E-state index >= 15 is 0 Å². The van der Waals surface area contributed by atoms with Crippen LogP contribution in [-0.2, 0) is 4.79 Å². The van der Waals surface area contributed by atoms with E-state index in [0.29, 0.717) is 5.75 Å². The first-order valence-electron chi connectivity index (χ1n) is 9.09. The zero-order chi connectivity index (χ0) is 19.5. The molecule has 1 unspecified atom stereocenters. The van der Waals surface area contributed by atoms with E-state index in [1.54, 1.807) is 18.3 Å². The lowest BCUT2D eigenvalue weighted by Gasteiger charge is -2.16. The molecule has 0 radical (unpaired) electrons. The lowest BCUT2D eigenvalue weighted by atomic mass is 10.1. The molecule has 28 heavy (non-hydrogen) atoms. The lowest BCUT2D eigenvalue weighted by molar-refractivity contribution is -0.122. The second kappa shape index (κ2) is 7.82. The van der Waals surface area contributed by atoms with Crippen LogP contribution in [0.5, 0.6) is 5.75 Å². The van der Waals surface area contributed by atoms with Crippen LogP contribution in [0.1, 0.15) is 12.5 Å². The molecular formula is C23H20N2O2S. The molecule has 1 atom stereocenters. The molecule has 0 saturated carbocycles. The molecule has 0 aliphatic rings. The van der Waals surface area contributed by atoms with Crippen LogP contribution in [-0.4, -0.2) is 17.0 Å². The molecule has 0 saturated heterocycles. The largest absolute Gasteiger partial charge is 0.481 e. The van der Waals surface area contributed by atoms with Crippen molar-refractivity contribution in [2.45, 2.75) is 20.0 Å². The van der Waals surface area contributed by atoms with Gasteiger partial charge < -0.3 is 10.1 Å². The molecule has 4 nitrogen and oxygen atoms in total. The van der Waals surface area contributed by atoms with E-state index in [2.05, 4.69) is 11.4 Å². The number of anilines is 1. The average molecular weight is 388 g/mol. The summed E-state index contributed by atoms with van der Waals surface area (Å²) in [6, 6.07) is 23.4. The fraction of sp³-hybridized carbons (Fsp3) is 0.130. The van der Waals surface area contributed by atoms with Crippen LogP contribution < -0.4 is 10.1 Å². The van der Waals surface area contributed by atoms with Gasteiger partial charge in [-0.1, -0.05) is 36.4 Å². The Morgan fingerprint density at radius 2 is 1.82 bits per heavy atom. The number of hydrogen-bond acceptors (Lipinski definition) is 4. The molecular weight excluding hydrogens is 368 g/mol. The summed E-state index contributed by atoms with van der Waals surface area (Å²) in [5, 5.41) is 3.87. The quantitative estimate of drug-likeness (QED) is 0.479. The Hall–Kier alpha value is -3.18. The van der Waals surface area contributed by atoms with E-state index in [0.717, 1.165) is 32.0 Å². The van der Waals surface area contributed by atoms with Crippen molar-refractivity contribution in [3.05, 3.63) is 78.4 Å². The van der Waals surface area contributed by atoms with Crippen molar-refractivity contribution in [2.24, 2.45) is 0 Å². The Balaban J connectivity index is 1.55. The normalized spacial score (nSPS) is 11.9. The van der Waals surface area contributed by atoms with Gasteiger partial charge in [0.15, 0.2) is 6.10 Å². The maximum Gasteiger partial charge on any atom is 0.265 e. The van der Waals surface area contributed by atoms with Crippen molar-refractivity contribution < 1.29 is 9.53 Å². The van der Waals surface area contributed by atoms with E-state index in [1.807, 2.05) is 73.7 Å². The van der Waals surface area contributed by atoms with Crippen LogP contribution in [0.3, 0.4) is 0 Å². The number of nitrogens with one attached hydrogen (secondary N) is 1. The summed E-state index contributed by atoms with van der Waals surface area (Å²) >= 11 is 1.61. The number of rotatable bonds is 5. The second-order valence-electron chi connectivity index (χ2n) is 6.60. The minimum Gasteiger partial charge on any atom is -0.481 e. The zero-order valence-electron chi connectivity index (χ0n) is 15.7. The van der Waals surface area contributed by atoms with E-state index in [9.17, 15) is 4.79 Å². The molecule has 0 bridgehead atoms. The zero-order valence-corrected chi connectivity index (χ0v) is 16.5. The molecule has 4 aromatic rings. The van der Waals surface area contributed by atoms with E-state index < -0.39 is 6.10 Å². The monoisotopic (exact) mass is 388 g/mol. The van der Waals surface area contributed by atoms with Gasteiger partial charge in [0, 0.05) is 5.56 Å². The third-order valence-electron chi connectivity index (χ3n) is 4.38. The van der Waals surface area contributed by atoms with Crippen molar-refractivity contribution in [2.75, 3.05) is 5.32 Å². The molecule has 0 aliphatic heterocycles. The molecule has 5 heteroatoms. The molecule has 0 spiro atoms. The number of hydrogen-bond donors (Lipinski definition) is 1. The van der Waals surface area contributed by atoms with E-state index in [1.165, 1.54) is 0 Å². The fourth-order valence-electron chi connectivity index (χ4n) is 2.95. The van der Waals surface area contributed by atoms with Gasteiger partial charge in [-0.2, -0.15) is 0 Å². The average Bonchev–Trinajstić information content (AvgIpc) is 3.12. The summed E-state index contributed by atoms with van der Waals surface area (Å²) in [5.74, 6) is 0.483. The molecule has 3 aromatic carbocycles. The van der Waals surface area contributed by atoms with Crippen LogP contribution in [0.4, 0.5) is 5.69 Å². The summed E-state index contributed by atoms with van der Waals surface area (Å²) in [5.41, 5.74) is 3.68. The standard InChI is InChI=1S/C23H20N2O2S/c1-15-8-7-9-17(14-15)27-16(2)22(26)24-19-11-4-3-10-18(19)23-25-20-12-5-6-13-21(20)28-23/h3-14,16H,1-2H3,(H,24,26). The second-order valence-corrected chi connectivity index (χ2v) is 7.63. The molecule has 4 rings (SSSR count). The summed E-state index contributed by atoms with van der Waals surface area (Å²) < 4.78 is 6.92. The van der Waals surface area contributed by atoms with Gasteiger partial charge in [0.1, 0.15) is 10.8 Å². The van der Waals surface area contributed by atoms with Gasteiger partial charge >= 0.3 is 0 Å². The minimum atomic E-state index is -0.620. The molecule has 140 valence electrons. The van der Waals surface area contributed by atoms with Crippen LogP contribution in [0.25, 0.3) is 20.8 Å². The van der Waals surface area contributed by atoms with Crippen LogP contribution in [0.2, 0.25) is 0 Å². The molecule has 1 aromatic heterocycles. The highest BCUT2D eigenvalue weighted by Gasteiger charge is 2.18. The van der Waals surface area contributed by atoms with Crippen molar-refractivity contribution in [1.82, 2.24) is 4.98 Å². The van der Waals surface area contributed by atoms with Gasteiger partial charge in [-0.05, 0) is 55.8 Å². The first-order chi connectivity index (χ1) is 13.6. The third kappa shape index (κ3) is 3.89. The molecule has 1 N–H and O–H groups in total. The number of ether oxygens (including phenoxy) is 1. The molecule has 0 aliphatic carbocycles. The number of thiazole rings is 1. The van der Waals surface area contributed by atoms with Gasteiger partial charge in [-0.3, -0.25) is 4.79 Å². The molecule has 1 amide bonds. The van der Waals surface area contributed by atoms with E-state index in [4.69, 9.17) is 9.72 Å². The summed E-state index contributed by atoms with van der Waals surface area (Å²) in [6.45, 7) is 3.74. The minimum absolute atomic E-state index is 0.199. The Bertz CT molecular complexity index is 1100. The first kappa shape index (κ1) is 18.2. The van der Waals surface area contributed by atoms with Crippen LogP contribution >= 0.6 is 11.3 Å². The number of aromatic nitrogens is 1. The maximum absolute atomic E-state index is 12.7. The van der Waals surface area contributed by atoms with Crippen molar-refractivity contribution in [3.8, 4) is 16.3 Å². The van der Waals surface area contributed by atoms with Crippen molar-refractivity contribution in [3.63, 3.8) is 0 Å². The highest BCUT2D eigenvalue weighted by molar-refractivity contribution is 7.21. The van der Waals surface area contributed by atoms with Gasteiger partial charge in [0.2, 0.25) is 0 Å². The number of nitrogens with zero attached hydrogens (tertiary/aromatic N) is 1. The first-order valence-corrected chi connectivity index (χ1v) is 9.91. The van der Waals surface area contributed by atoms with E-state index in [-0.39, 0.29) is 5.91 Å². The molecule has 1 heterocycles. The van der Waals surface area contributed by atoms with Crippen molar-refractivity contribution >= 4 is 33.1 Å². The number of carbonyl (C=O) groups is 1. The Morgan fingerprint density at radius 1 is 1.04 bits per heavy atom. The number of amides is 1. The van der Waals surface area contributed by atoms with Gasteiger partial charge in [-0.25, -0.2) is 4.98 Å². The predicted molar refractivity (Wildman–Crippen MR) is 115 cm³/mol. The lowest BCUT2D eigenvalue weighted by Crippen LogP contribution is -2.30. The molecule has 0 fully saturated rings. The fourth-order valence-corrected chi connectivity index (χ4v) is 3.95. The Morgan fingerprint density at radius 3 is 2.64 bits per heavy atom. The maximum atomic E-state index is 12.7. The summed E-state index contributed by atoms with van der Waals surface area (Å²) in [4.78, 5) is 17.4. The number of benzene rings is 3. The van der Waals surface area contributed by atoms with Crippen molar-refractivity contribution in [1.29, 1.82) is 0 Å². The number of para-hydroxylation sites is 2. The Kier molecular flexibility index (Phi) is 5.08. The SMILES string of the molecule is Cc1cccc(OC(C)C(=O)Nc2ccccc2-c2nc3ccccc3s2)c1. The smallest absolute Gasteiger partial charge is 0.265 e. The predicted octanol–water partition coefficient (Wildman–Crippen LogP) is 5.68. The van der Waals surface area contributed by atoms with Gasteiger partial charge in [-0.15, -0.1) is 11.3 Å². The Labute approximate surface area is 167 Å². The highest BCUT2D eigenvalue weighted by Crippen LogP contribution is 2.34. The van der Waals surface area contributed by atoms with Crippen LogP contribution in [0, 0.1) is 6.92 Å². The van der Waals surface area contributed by atoms with Crippen LogP contribution in [0.15, 0.2) is 72.8 Å². The van der Waals surface area contributed by atoms with Gasteiger partial charge in [0.05, 0.1) is 15.9 Å². The summed E-state index contributed by atoms with van der Waals surface area (Å²) in [7, 11) is 0. The number of fused-ring (bicyclic) bond motifs is 1. The topological polar surface area (TPSA) is 51.2 Å². The number of aryl methyl sites for hydroxylation is 1. The highest BCUT2D eigenvalue weighted by atomic mass is 32.1. The van der Waals surface area contributed by atoms with Gasteiger partial charge in [0.25, 0.3) is 5.91 Å². The number of carbonyl (C=O) groups excluding carboxylic acids is 1. The third-order valence-corrected chi connectivity index (χ3v) is 5.45.